The van der Waals surface area contributed by atoms with Crippen molar-refractivity contribution in [2.75, 3.05) is 14.1 Å². The molecule has 1 heterocycles. The zero-order valence-corrected chi connectivity index (χ0v) is 11.0. The Kier molecular flexibility index (Phi) is 2.79. The van der Waals surface area contributed by atoms with E-state index in [1.165, 1.54) is 24.5 Å². The van der Waals surface area contributed by atoms with Gasteiger partial charge in [0.1, 0.15) is 0 Å². The molecule has 1 aromatic rings. The maximum absolute atomic E-state index is 12.1. The number of hydrogen-bond donors (Lipinski definition) is 0. The van der Waals surface area contributed by atoms with Crippen LogP contribution in [0.5, 0.6) is 11.5 Å². The maximum Gasteiger partial charge on any atom is 0.242 e. The zero-order chi connectivity index (χ0) is 12.8. The molecule has 0 N–H and O–H groups in total. The molecule has 0 spiro atoms. The van der Waals surface area contributed by atoms with Gasteiger partial charge in [-0.05, 0) is 18.6 Å². The van der Waals surface area contributed by atoms with Gasteiger partial charge in [-0.1, -0.05) is 0 Å². The van der Waals surface area contributed by atoms with E-state index in [2.05, 4.69) is 0 Å². The summed E-state index contributed by atoms with van der Waals surface area (Å²) in [5.41, 5.74) is 0.648. The summed E-state index contributed by atoms with van der Waals surface area (Å²) in [6, 6.07) is 3.21. The molecular formula is C11H15NO4S. The molecule has 0 saturated carbocycles. The van der Waals surface area contributed by atoms with Crippen molar-refractivity contribution >= 4 is 10.0 Å². The number of nitrogens with zero attached hydrogens (tertiary/aromatic N) is 1. The molecule has 0 saturated heterocycles. The van der Waals surface area contributed by atoms with Crippen LogP contribution in [0.15, 0.2) is 17.0 Å². The molecule has 94 valence electrons. The number of rotatable bonds is 2. The Bertz CT molecular complexity index is 551. The first-order valence-electron chi connectivity index (χ1n) is 5.23. The van der Waals surface area contributed by atoms with Crippen molar-refractivity contribution in [1.82, 2.24) is 4.31 Å². The third-order valence-corrected chi connectivity index (χ3v) is 4.54. The van der Waals surface area contributed by atoms with Crippen LogP contribution in [-0.2, 0) is 10.0 Å². The quantitative estimate of drug-likeness (QED) is 0.802. The van der Waals surface area contributed by atoms with E-state index >= 15 is 0 Å². The van der Waals surface area contributed by atoms with E-state index in [9.17, 15) is 8.42 Å². The maximum atomic E-state index is 12.1. The zero-order valence-electron chi connectivity index (χ0n) is 10.2. The third kappa shape index (κ3) is 1.98. The minimum Gasteiger partial charge on any atom is -0.451 e. The van der Waals surface area contributed by atoms with Crippen LogP contribution in [0.1, 0.15) is 12.5 Å². The van der Waals surface area contributed by atoms with Gasteiger partial charge in [-0.2, -0.15) is 0 Å². The standard InChI is InChI=1S/C11H15NO4S/c1-7-5-9-10(16-8(2)15-9)6-11(7)17(13,14)12(3)4/h5-6,8H,1-4H3. The van der Waals surface area contributed by atoms with Gasteiger partial charge < -0.3 is 9.47 Å². The fourth-order valence-corrected chi connectivity index (χ4v) is 2.80. The van der Waals surface area contributed by atoms with Gasteiger partial charge in [0.05, 0.1) is 4.90 Å². The van der Waals surface area contributed by atoms with E-state index in [4.69, 9.17) is 9.47 Å². The highest BCUT2D eigenvalue weighted by Gasteiger charge is 2.27. The summed E-state index contributed by atoms with van der Waals surface area (Å²) in [6.07, 6.45) is -0.373. The molecular weight excluding hydrogens is 242 g/mol. The van der Waals surface area contributed by atoms with Crippen LogP contribution in [0.3, 0.4) is 0 Å². The van der Waals surface area contributed by atoms with Gasteiger partial charge in [-0.3, -0.25) is 0 Å². The van der Waals surface area contributed by atoms with Crippen LogP contribution in [0.25, 0.3) is 0 Å². The summed E-state index contributed by atoms with van der Waals surface area (Å²) < 4.78 is 36.1. The Morgan fingerprint density at radius 1 is 1.18 bits per heavy atom. The molecule has 2 rings (SSSR count). The fourth-order valence-electron chi connectivity index (χ4n) is 1.68. The van der Waals surface area contributed by atoms with Crippen molar-refractivity contribution in [1.29, 1.82) is 0 Å². The lowest BCUT2D eigenvalue weighted by atomic mass is 10.2. The summed E-state index contributed by atoms with van der Waals surface area (Å²) in [6.45, 7) is 3.50. The van der Waals surface area contributed by atoms with E-state index in [0.29, 0.717) is 17.1 Å². The molecule has 1 aliphatic rings. The van der Waals surface area contributed by atoms with Crippen LogP contribution in [-0.4, -0.2) is 33.1 Å². The van der Waals surface area contributed by atoms with Crippen LogP contribution < -0.4 is 9.47 Å². The van der Waals surface area contributed by atoms with E-state index in [1.807, 2.05) is 0 Å². The van der Waals surface area contributed by atoms with Crippen LogP contribution in [0.4, 0.5) is 0 Å². The summed E-state index contributed by atoms with van der Waals surface area (Å²) >= 11 is 0. The topological polar surface area (TPSA) is 55.8 Å². The van der Waals surface area contributed by atoms with E-state index in [1.54, 1.807) is 19.9 Å². The highest BCUT2D eigenvalue weighted by molar-refractivity contribution is 7.89. The Labute approximate surface area is 101 Å². The van der Waals surface area contributed by atoms with Crippen molar-refractivity contribution in [3.8, 4) is 11.5 Å². The molecule has 1 atom stereocenters. The lowest BCUT2D eigenvalue weighted by Crippen LogP contribution is -2.23. The molecule has 1 aromatic carbocycles. The second kappa shape index (κ2) is 3.89. The molecule has 1 unspecified atom stereocenters. The summed E-state index contributed by atoms with van der Waals surface area (Å²) in [4.78, 5) is 0.249. The highest BCUT2D eigenvalue weighted by atomic mass is 32.2. The first kappa shape index (κ1) is 12.2. The van der Waals surface area contributed by atoms with Gasteiger partial charge in [-0.25, -0.2) is 12.7 Å². The Balaban J connectivity index is 2.56. The molecule has 0 radical (unpaired) electrons. The monoisotopic (exact) mass is 257 g/mol. The molecule has 6 heteroatoms. The Hall–Kier alpha value is -1.27. The van der Waals surface area contributed by atoms with E-state index in [0.717, 1.165) is 0 Å². The predicted octanol–water partition coefficient (Wildman–Crippen LogP) is 1.36. The molecule has 17 heavy (non-hydrogen) atoms. The fraction of sp³-hybridized carbons (Fsp3) is 0.455. The average molecular weight is 257 g/mol. The van der Waals surface area contributed by atoms with Crippen molar-refractivity contribution in [2.45, 2.75) is 25.0 Å². The molecule has 0 fully saturated rings. The number of benzene rings is 1. The second-order valence-corrected chi connectivity index (χ2v) is 6.28. The van der Waals surface area contributed by atoms with E-state index in [-0.39, 0.29) is 11.2 Å². The SMILES string of the molecule is Cc1cc2c(cc1S(=O)(=O)N(C)C)OC(C)O2. The van der Waals surface area contributed by atoms with Crippen molar-refractivity contribution in [3.05, 3.63) is 17.7 Å². The molecule has 0 aliphatic carbocycles. The molecule has 1 aliphatic heterocycles. The van der Waals surface area contributed by atoms with Crippen LogP contribution in [0.2, 0.25) is 0 Å². The van der Waals surface area contributed by atoms with E-state index < -0.39 is 10.0 Å². The smallest absolute Gasteiger partial charge is 0.242 e. The van der Waals surface area contributed by atoms with Crippen LogP contribution in [0, 0.1) is 6.92 Å². The van der Waals surface area contributed by atoms with Gasteiger partial charge >= 0.3 is 0 Å². The van der Waals surface area contributed by atoms with Gasteiger partial charge in [0, 0.05) is 27.1 Å². The predicted molar refractivity (Wildman–Crippen MR) is 62.8 cm³/mol. The highest BCUT2D eigenvalue weighted by Crippen LogP contribution is 2.38. The van der Waals surface area contributed by atoms with Gasteiger partial charge in [0.15, 0.2) is 11.5 Å². The van der Waals surface area contributed by atoms with Crippen molar-refractivity contribution in [2.24, 2.45) is 0 Å². The largest absolute Gasteiger partial charge is 0.451 e. The Morgan fingerprint density at radius 2 is 1.71 bits per heavy atom. The lowest BCUT2D eigenvalue weighted by Gasteiger charge is -2.13. The molecule has 0 amide bonds. The average Bonchev–Trinajstić information content (AvgIpc) is 2.55. The van der Waals surface area contributed by atoms with Gasteiger partial charge in [-0.15, -0.1) is 0 Å². The van der Waals surface area contributed by atoms with Crippen molar-refractivity contribution in [3.63, 3.8) is 0 Å². The minimum atomic E-state index is -3.45. The summed E-state index contributed by atoms with van der Waals surface area (Å²) in [5.74, 6) is 1.07. The molecule has 0 bridgehead atoms. The normalized spacial score (nSPS) is 18.8. The first-order chi connectivity index (χ1) is 7.82. The van der Waals surface area contributed by atoms with Crippen molar-refractivity contribution < 1.29 is 17.9 Å². The number of fused-ring (bicyclic) bond motifs is 1. The summed E-state index contributed by atoms with van der Waals surface area (Å²) in [5, 5.41) is 0. The second-order valence-electron chi connectivity index (χ2n) is 4.16. The summed E-state index contributed by atoms with van der Waals surface area (Å²) in [7, 11) is -0.445. The number of hydrogen-bond acceptors (Lipinski definition) is 4. The Morgan fingerprint density at radius 3 is 2.24 bits per heavy atom. The van der Waals surface area contributed by atoms with Gasteiger partial charge in [0.25, 0.3) is 0 Å². The van der Waals surface area contributed by atoms with Gasteiger partial charge in [0.2, 0.25) is 16.3 Å². The minimum absolute atomic E-state index is 0.249. The number of ether oxygens (including phenoxy) is 2. The number of aryl methyl sites for hydroxylation is 1. The third-order valence-electron chi connectivity index (χ3n) is 2.59. The first-order valence-corrected chi connectivity index (χ1v) is 6.67. The lowest BCUT2D eigenvalue weighted by molar-refractivity contribution is 0.0678. The molecule has 0 aromatic heterocycles. The number of sulfonamides is 1. The van der Waals surface area contributed by atoms with Crippen LogP contribution >= 0.6 is 0 Å². The molecule has 5 nitrogen and oxygen atoms in total.